The SMILES string of the molecule is c1ccc(CCCC2CN2[n+]2ccccc2)cc1. The first kappa shape index (κ1) is 11.3. The maximum Gasteiger partial charge on any atom is 0.199 e. The second-order valence-electron chi connectivity index (χ2n) is 4.91. The van der Waals surface area contributed by atoms with E-state index in [1.54, 1.807) is 0 Å². The fourth-order valence-electron chi connectivity index (χ4n) is 2.44. The van der Waals surface area contributed by atoms with Gasteiger partial charge in [0, 0.05) is 12.1 Å². The fraction of sp³-hybridized carbons (Fsp3) is 0.312. The van der Waals surface area contributed by atoms with Crippen LogP contribution in [0.3, 0.4) is 0 Å². The minimum atomic E-state index is 0.737. The van der Waals surface area contributed by atoms with Crippen LogP contribution in [-0.4, -0.2) is 12.6 Å². The van der Waals surface area contributed by atoms with Crippen LogP contribution in [0, 0.1) is 0 Å². The summed E-state index contributed by atoms with van der Waals surface area (Å²) >= 11 is 0. The van der Waals surface area contributed by atoms with Gasteiger partial charge in [-0.2, -0.15) is 5.01 Å². The zero-order valence-corrected chi connectivity index (χ0v) is 10.6. The number of pyridine rings is 1. The summed E-state index contributed by atoms with van der Waals surface area (Å²) in [5, 5.41) is 2.41. The molecule has 2 nitrogen and oxygen atoms in total. The zero-order valence-electron chi connectivity index (χ0n) is 10.6. The third-order valence-corrected chi connectivity index (χ3v) is 3.53. The average Bonchev–Trinajstić information content (AvgIpc) is 3.21. The molecule has 0 saturated carbocycles. The Morgan fingerprint density at radius 1 is 1.00 bits per heavy atom. The molecule has 0 N–H and O–H groups in total. The third kappa shape index (κ3) is 2.70. The standard InChI is InChI=1S/C16H19N2/c1-3-8-15(9-4-1)10-7-11-16-14-18(16)17-12-5-2-6-13-17/h1-6,8-9,12-13,16H,7,10-11,14H2/q+1. The summed E-state index contributed by atoms with van der Waals surface area (Å²) < 4.78 is 2.20. The first-order chi connectivity index (χ1) is 8.93. The average molecular weight is 239 g/mol. The molecule has 0 aliphatic carbocycles. The van der Waals surface area contributed by atoms with Crippen molar-refractivity contribution in [1.29, 1.82) is 0 Å². The minimum absolute atomic E-state index is 0.737. The van der Waals surface area contributed by atoms with Crippen molar-refractivity contribution in [3.8, 4) is 0 Å². The molecule has 1 aliphatic heterocycles. The van der Waals surface area contributed by atoms with Crippen LogP contribution in [0.5, 0.6) is 0 Å². The van der Waals surface area contributed by atoms with Crippen molar-refractivity contribution in [2.45, 2.75) is 25.3 Å². The maximum atomic E-state index is 2.41. The summed E-state index contributed by atoms with van der Waals surface area (Å²) in [7, 11) is 0. The van der Waals surface area contributed by atoms with Crippen molar-refractivity contribution in [3.63, 3.8) is 0 Å². The summed E-state index contributed by atoms with van der Waals surface area (Å²) in [4.78, 5) is 0. The molecule has 2 heteroatoms. The van der Waals surface area contributed by atoms with Crippen molar-refractivity contribution in [2.75, 3.05) is 11.6 Å². The molecular weight excluding hydrogens is 220 g/mol. The molecule has 1 saturated heterocycles. The van der Waals surface area contributed by atoms with Gasteiger partial charge in [-0.05, 0) is 24.8 Å². The van der Waals surface area contributed by atoms with E-state index in [2.05, 4.69) is 70.6 Å². The predicted octanol–water partition coefficient (Wildman–Crippen LogP) is 2.32. The largest absolute Gasteiger partial charge is 0.199 e. The van der Waals surface area contributed by atoms with Crippen molar-refractivity contribution >= 4 is 0 Å². The minimum Gasteiger partial charge on any atom is -0.174 e. The number of hydrogen-bond acceptors (Lipinski definition) is 1. The first-order valence-electron chi connectivity index (χ1n) is 6.70. The lowest BCUT2D eigenvalue weighted by atomic mass is 10.1. The second kappa shape index (κ2) is 5.21. The van der Waals surface area contributed by atoms with Crippen LogP contribution < -0.4 is 9.69 Å². The fourth-order valence-corrected chi connectivity index (χ4v) is 2.44. The van der Waals surface area contributed by atoms with Gasteiger partial charge in [0.05, 0.1) is 6.54 Å². The molecule has 92 valence electrons. The van der Waals surface area contributed by atoms with Crippen LogP contribution in [0.1, 0.15) is 18.4 Å². The lowest BCUT2D eigenvalue weighted by Gasteiger charge is -2.01. The van der Waals surface area contributed by atoms with Crippen LogP contribution in [0.4, 0.5) is 0 Å². The number of hydrogen-bond donors (Lipinski definition) is 0. The molecule has 1 fully saturated rings. The Morgan fingerprint density at radius 2 is 1.72 bits per heavy atom. The molecule has 18 heavy (non-hydrogen) atoms. The van der Waals surface area contributed by atoms with E-state index in [0.717, 1.165) is 6.04 Å². The summed E-state index contributed by atoms with van der Waals surface area (Å²) in [6.07, 6.45) is 8.01. The number of benzene rings is 1. The van der Waals surface area contributed by atoms with Gasteiger partial charge < -0.3 is 0 Å². The van der Waals surface area contributed by atoms with Gasteiger partial charge in [0.1, 0.15) is 6.04 Å². The van der Waals surface area contributed by atoms with Gasteiger partial charge in [-0.1, -0.05) is 41.1 Å². The number of aryl methyl sites for hydroxylation is 1. The highest BCUT2D eigenvalue weighted by atomic mass is 15.6. The molecule has 0 spiro atoms. The molecule has 3 rings (SSSR count). The second-order valence-corrected chi connectivity index (χ2v) is 4.91. The smallest absolute Gasteiger partial charge is 0.174 e. The van der Waals surface area contributed by atoms with Crippen molar-refractivity contribution < 1.29 is 4.68 Å². The van der Waals surface area contributed by atoms with Gasteiger partial charge >= 0.3 is 0 Å². The Morgan fingerprint density at radius 3 is 2.50 bits per heavy atom. The van der Waals surface area contributed by atoms with E-state index in [9.17, 15) is 0 Å². The van der Waals surface area contributed by atoms with Crippen molar-refractivity contribution in [3.05, 3.63) is 66.5 Å². The van der Waals surface area contributed by atoms with E-state index in [4.69, 9.17) is 0 Å². The molecular formula is C16H19N2+. The van der Waals surface area contributed by atoms with Gasteiger partial charge in [0.25, 0.3) is 0 Å². The molecule has 2 heterocycles. The lowest BCUT2D eigenvalue weighted by Crippen LogP contribution is -2.45. The van der Waals surface area contributed by atoms with Gasteiger partial charge in [0.15, 0.2) is 12.4 Å². The molecule has 0 radical (unpaired) electrons. The highest BCUT2D eigenvalue weighted by molar-refractivity contribution is 5.15. The molecule has 0 bridgehead atoms. The van der Waals surface area contributed by atoms with Crippen LogP contribution >= 0.6 is 0 Å². The van der Waals surface area contributed by atoms with Gasteiger partial charge in [-0.25, -0.2) is 0 Å². The molecule has 1 aliphatic rings. The highest BCUT2D eigenvalue weighted by Crippen LogP contribution is 2.17. The van der Waals surface area contributed by atoms with Crippen molar-refractivity contribution in [2.24, 2.45) is 0 Å². The van der Waals surface area contributed by atoms with Gasteiger partial charge in [-0.3, -0.25) is 0 Å². The van der Waals surface area contributed by atoms with E-state index in [1.165, 1.54) is 31.4 Å². The molecule has 1 unspecified atom stereocenters. The Balaban J connectivity index is 1.44. The van der Waals surface area contributed by atoms with E-state index < -0.39 is 0 Å². The monoisotopic (exact) mass is 239 g/mol. The van der Waals surface area contributed by atoms with Gasteiger partial charge in [0.2, 0.25) is 0 Å². The number of aromatic nitrogens is 1. The van der Waals surface area contributed by atoms with Crippen molar-refractivity contribution in [1.82, 2.24) is 0 Å². The predicted molar refractivity (Wildman–Crippen MR) is 72.9 cm³/mol. The van der Waals surface area contributed by atoms with Crippen LogP contribution in [0.25, 0.3) is 0 Å². The summed E-state index contributed by atoms with van der Waals surface area (Å²) in [6.45, 7) is 1.20. The summed E-state index contributed by atoms with van der Waals surface area (Å²) in [5.41, 5.74) is 1.46. The van der Waals surface area contributed by atoms with Crippen LogP contribution in [-0.2, 0) is 6.42 Å². The maximum absolute atomic E-state index is 2.41. The van der Waals surface area contributed by atoms with Crippen LogP contribution in [0.2, 0.25) is 0 Å². The zero-order chi connectivity index (χ0) is 12.2. The third-order valence-electron chi connectivity index (χ3n) is 3.53. The lowest BCUT2D eigenvalue weighted by molar-refractivity contribution is -0.677. The quantitative estimate of drug-likeness (QED) is 0.573. The molecule has 1 aromatic heterocycles. The topological polar surface area (TPSA) is 6.89 Å². The highest BCUT2D eigenvalue weighted by Gasteiger charge is 2.40. The van der Waals surface area contributed by atoms with E-state index in [0.29, 0.717) is 0 Å². The Labute approximate surface area is 108 Å². The molecule has 0 amide bonds. The molecule has 1 atom stereocenters. The summed E-state index contributed by atoms with van der Waals surface area (Å²) in [6, 6.07) is 17.7. The molecule has 1 aromatic carbocycles. The van der Waals surface area contributed by atoms with E-state index >= 15 is 0 Å². The first-order valence-corrected chi connectivity index (χ1v) is 6.70. The summed E-state index contributed by atoms with van der Waals surface area (Å²) in [5.74, 6) is 0. The Kier molecular flexibility index (Phi) is 3.26. The number of rotatable bonds is 5. The van der Waals surface area contributed by atoms with E-state index in [1.807, 2.05) is 0 Å². The Hall–Kier alpha value is -1.83. The van der Waals surface area contributed by atoms with Gasteiger partial charge in [-0.15, -0.1) is 0 Å². The van der Waals surface area contributed by atoms with E-state index in [-0.39, 0.29) is 0 Å². The Bertz CT molecular complexity index is 481. The molecule has 2 aromatic rings. The van der Waals surface area contributed by atoms with Crippen LogP contribution in [0.15, 0.2) is 60.9 Å². The number of nitrogens with zero attached hydrogens (tertiary/aromatic N) is 2. The normalized spacial score (nSPS) is 17.8.